The van der Waals surface area contributed by atoms with Crippen molar-refractivity contribution in [3.63, 3.8) is 0 Å². The second-order valence-corrected chi connectivity index (χ2v) is 6.54. The van der Waals surface area contributed by atoms with E-state index in [-0.39, 0.29) is 0 Å². The van der Waals surface area contributed by atoms with Crippen LogP contribution in [0.3, 0.4) is 0 Å². The molecule has 0 saturated carbocycles. The number of hydrogen-bond donors (Lipinski definition) is 0. The molecule has 2 nitrogen and oxygen atoms in total. The first-order chi connectivity index (χ1) is 9.52. The van der Waals surface area contributed by atoms with Gasteiger partial charge in [-0.05, 0) is 24.5 Å². The molecule has 0 spiro atoms. The number of benzene rings is 1. The minimum absolute atomic E-state index is 0.397. The molecule has 0 aliphatic heterocycles. The number of nitrogens with zero attached hydrogens (tertiary/aromatic N) is 2. The summed E-state index contributed by atoms with van der Waals surface area (Å²) in [6.07, 6.45) is 3.57. The van der Waals surface area contributed by atoms with Gasteiger partial charge < -0.3 is 4.57 Å². The Morgan fingerprint density at radius 1 is 1.15 bits per heavy atom. The zero-order chi connectivity index (χ0) is 14.7. The van der Waals surface area contributed by atoms with Gasteiger partial charge in [0.2, 0.25) is 0 Å². The van der Waals surface area contributed by atoms with Crippen LogP contribution < -0.4 is 0 Å². The van der Waals surface area contributed by atoms with Gasteiger partial charge in [0.05, 0.1) is 27.0 Å². The van der Waals surface area contributed by atoms with Gasteiger partial charge in [-0.2, -0.15) is 0 Å². The van der Waals surface area contributed by atoms with Gasteiger partial charge in [0.1, 0.15) is 5.82 Å². The average molecular weight is 334 g/mol. The molecule has 5 heteroatoms. The fraction of sp³-hybridized carbons (Fsp3) is 0.533. The Morgan fingerprint density at radius 2 is 1.85 bits per heavy atom. The first-order valence-corrected chi connectivity index (χ1v) is 8.22. The third-order valence-electron chi connectivity index (χ3n) is 3.40. The van der Waals surface area contributed by atoms with Crippen LogP contribution in [0, 0.1) is 5.92 Å². The monoisotopic (exact) mass is 332 g/mol. The molecule has 1 aromatic heterocycles. The number of rotatable bonds is 6. The summed E-state index contributed by atoms with van der Waals surface area (Å²) >= 11 is 18.1. The Labute approximate surface area is 135 Å². The van der Waals surface area contributed by atoms with Crippen LogP contribution in [0.15, 0.2) is 12.1 Å². The van der Waals surface area contributed by atoms with Crippen molar-refractivity contribution in [3.05, 3.63) is 28.0 Å². The summed E-state index contributed by atoms with van der Waals surface area (Å²) in [6, 6.07) is 3.69. The van der Waals surface area contributed by atoms with E-state index < -0.39 is 0 Å². The number of fused-ring (bicyclic) bond motifs is 1. The fourth-order valence-corrected chi connectivity index (χ4v) is 2.86. The highest BCUT2D eigenvalue weighted by Gasteiger charge is 2.12. The molecule has 0 bridgehead atoms. The van der Waals surface area contributed by atoms with Gasteiger partial charge in [-0.25, -0.2) is 4.98 Å². The van der Waals surface area contributed by atoms with Gasteiger partial charge in [0.15, 0.2) is 0 Å². The van der Waals surface area contributed by atoms with Crippen LogP contribution in [-0.2, 0) is 12.4 Å². The van der Waals surface area contributed by atoms with Crippen LogP contribution in [0.25, 0.3) is 11.0 Å². The summed E-state index contributed by atoms with van der Waals surface area (Å²) < 4.78 is 2.16. The number of aryl methyl sites for hydroxylation is 1. The lowest BCUT2D eigenvalue weighted by Gasteiger charge is -2.09. The zero-order valence-electron chi connectivity index (χ0n) is 11.8. The minimum Gasteiger partial charge on any atom is -0.327 e. The summed E-state index contributed by atoms with van der Waals surface area (Å²) in [5.41, 5.74) is 1.87. The summed E-state index contributed by atoms with van der Waals surface area (Å²) in [6.45, 7) is 5.42. The van der Waals surface area contributed by atoms with Crippen LogP contribution in [0.2, 0.25) is 10.0 Å². The van der Waals surface area contributed by atoms with E-state index in [0.717, 1.165) is 35.7 Å². The highest BCUT2D eigenvalue weighted by molar-refractivity contribution is 6.42. The van der Waals surface area contributed by atoms with Gasteiger partial charge >= 0.3 is 0 Å². The van der Waals surface area contributed by atoms with Crippen molar-refractivity contribution in [1.82, 2.24) is 9.55 Å². The average Bonchev–Trinajstić information content (AvgIpc) is 2.72. The summed E-state index contributed by atoms with van der Waals surface area (Å²) in [5.74, 6) is 2.02. The first kappa shape index (κ1) is 15.9. The molecule has 0 radical (unpaired) electrons. The van der Waals surface area contributed by atoms with E-state index in [1.165, 1.54) is 12.8 Å². The van der Waals surface area contributed by atoms with Gasteiger partial charge in [-0.15, -0.1) is 11.6 Å². The number of aromatic nitrogens is 2. The largest absolute Gasteiger partial charge is 0.327 e. The lowest BCUT2D eigenvalue weighted by molar-refractivity contribution is 0.509. The minimum atomic E-state index is 0.397. The van der Waals surface area contributed by atoms with Gasteiger partial charge in [0.25, 0.3) is 0 Å². The Balaban J connectivity index is 2.23. The van der Waals surface area contributed by atoms with Gasteiger partial charge in [0, 0.05) is 6.54 Å². The molecular weight excluding hydrogens is 315 g/mol. The number of hydrogen-bond acceptors (Lipinski definition) is 1. The fourth-order valence-electron chi connectivity index (χ4n) is 2.34. The quantitative estimate of drug-likeness (QED) is 0.475. The van der Waals surface area contributed by atoms with Crippen molar-refractivity contribution in [3.8, 4) is 0 Å². The molecule has 2 aromatic rings. The maximum absolute atomic E-state index is 6.11. The van der Waals surface area contributed by atoms with Crippen molar-refractivity contribution < 1.29 is 0 Å². The van der Waals surface area contributed by atoms with Crippen LogP contribution >= 0.6 is 34.8 Å². The van der Waals surface area contributed by atoms with Crippen LogP contribution in [0.1, 0.15) is 38.9 Å². The number of unbranched alkanes of at least 4 members (excludes halogenated alkanes) is 1. The molecule has 110 valence electrons. The second kappa shape index (κ2) is 7.02. The first-order valence-electron chi connectivity index (χ1n) is 6.93. The Hall–Kier alpha value is -0.440. The predicted octanol–water partition coefficient (Wildman–Crippen LogP) is 5.91. The third kappa shape index (κ3) is 3.60. The molecular formula is C15H19Cl3N2. The van der Waals surface area contributed by atoms with E-state index in [1.54, 1.807) is 6.07 Å². The summed E-state index contributed by atoms with van der Waals surface area (Å²) in [7, 11) is 0. The van der Waals surface area contributed by atoms with E-state index in [1.807, 2.05) is 6.07 Å². The Kier molecular flexibility index (Phi) is 5.59. The Morgan fingerprint density at radius 3 is 2.50 bits per heavy atom. The molecule has 1 aromatic carbocycles. The van der Waals surface area contributed by atoms with Crippen molar-refractivity contribution >= 4 is 45.8 Å². The lowest BCUT2D eigenvalue weighted by Crippen LogP contribution is -2.03. The van der Waals surface area contributed by atoms with Crippen molar-refractivity contribution in [2.24, 2.45) is 5.92 Å². The summed E-state index contributed by atoms with van der Waals surface area (Å²) in [4.78, 5) is 4.53. The van der Waals surface area contributed by atoms with Crippen molar-refractivity contribution in [1.29, 1.82) is 0 Å². The normalized spacial score (nSPS) is 11.7. The Bertz CT molecular complexity index is 590. The molecule has 0 unspecified atom stereocenters. The zero-order valence-corrected chi connectivity index (χ0v) is 14.1. The molecule has 2 rings (SSSR count). The van der Waals surface area contributed by atoms with Gasteiger partial charge in [-0.1, -0.05) is 49.9 Å². The number of imidazole rings is 1. The molecule has 0 N–H and O–H groups in total. The highest BCUT2D eigenvalue weighted by atomic mass is 35.5. The molecule has 1 heterocycles. The molecule has 0 aliphatic carbocycles. The van der Waals surface area contributed by atoms with Crippen LogP contribution in [-0.4, -0.2) is 9.55 Å². The van der Waals surface area contributed by atoms with Crippen molar-refractivity contribution in [2.45, 2.75) is 45.5 Å². The van der Waals surface area contributed by atoms with Crippen LogP contribution in [0.5, 0.6) is 0 Å². The molecule has 0 atom stereocenters. The number of halogens is 3. The molecule has 0 fully saturated rings. The molecule has 0 aliphatic rings. The van der Waals surface area contributed by atoms with E-state index in [9.17, 15) is 0 Å². The maximum atomic E-state index is 6.11. The third-order valence-corrected chi connectivity index (χ3v) is 4.36. The van der Waals surface area contributed by atoms with Gasteiger partial charge in [-0.3, -0.25) is 0 Å². The highest BCUT2D eigenvalue weighted by Crippen LogP contribution is 2.29. The number of alkyl halides is 1. The second-order valence-electron chi connectivity index (χ2n) is 5.46. The standard InChI is InChI=1S/C15H19Cl3N2/c1-10(2)5-3-4-6-20-14-8-12(18)11(17)7-13(14)19-15(20)9-16/h7-8,10H,3-6,9H2,1-2H3. The smallest absolute Gasteiger partial charge is 0.124 e. The lowest BCUT2D eigenvalue weighted by atomic mass is 10.1. The SMILES string of the molecule is CC(C)CCCCn1c(CCl)nc2cc(Cl)c(Cl)cc21. The topological polar surface area (TPSA) is 17.8 Å². The summed E-state index contributed by atoms with van der Waals surface area (Å²) in [5, 5.41) is 1.09. The van der Waals surface area contributed by atoms with E-state index >= 15 is 0 Å². The van der Waals surface area contributed by atoms with E-state index in [4.69, 9.17) is 34.8 Å². The molecule has 0 amide bonds. The molecule has 0 saturated heterocycles. The van der Waals surface area contributed by atoms with E-state index in [2.05, 4.69) is 23.4 Å². The van der Waals surface area contributed by atoms with Crippen molar-refractivity contribution in [2.75, 3.05) is 0 Å². The van der Waals surface area contributed by atoms with E-state index in [0.29, 0.717) is 15.9 Å². The van der Waals surface area contributed by atoms with Crippen LogP contribution in [0.4, 0.5) is 0 Å². The maximum Gasteiger partial charge on any atom is 0.124 e. The molecule has 20 heavy (non-hydrogen) atoms. The predicted molar refractivity (Wildman–Crippen MR) is 88.0 cm³/mol.